The SMILES string of the molecule is O=C(CCN1C(=O)COc2ccccc21)NCCNS(=O)(=O)c1cccc(Cl)c1. The van der Waals surface area contributed by atoms with E-state index in [1.165, 1.54) is 17.0 Å². The molecule has 2 amide bonds. The fourth-order valence-electron chi connectivity index (χ4n) is 2.81. The van der Waals surface area contributed by atoms with Crippen LogP contribution in [0, 0.1) is 0 Å². The largest absolute Gasteiger partial charge is 0.482 e. The summed E-state index contributed by atoms with van der Waals surface area (Å²) in [6.45, 7) is 0.287. The van der Waals surface area contributed by atoms with E-state index in [2.05, 4.69) is 10.0 Å². The van der Waals surface area contributed by atoms with Crippen molar-refractivity contribution in [2.75, 3.05) is 31.1 Å². The molecular weight excluding hydrogens is 418 g/mol. The average molecular weight is 438 g/mol. The highest BCUT2D eigenvalue weighted by Crippen LogP contribution is 2.31. The van der Waals surface area contributed by atoms with Crippen molar-refractivity contribution >= 4 is 39.1 Å². The number of hydrogen-bond acceptors (Lipinski definition) is 5. The lowest BCUT2D eigenvalue weighted by atomic mass is 10.2. The summed E-state index contributed by atoms with van der Waals surface area (Å²) in [5.74, 6) is 0.0949. The normalized spacial score (nSPS) is 13.6. The fourth-order valence-corrected chi connectivity index (χ4v) is 4.14. The van der Waals surface area contributed by atoms with Crippen molar-refractivity contribution < 1.29 is 22.7 Å². The van der Waals surface area contributed by atoms with Gasteiger partial charge in [0.25, 0.3) is 5.91 Å². The van der Waals surface area contributed by atoms with E-state index in [-0.39, 0.29) is 49.4 Å². The van der Waals surface area contributed by atoms with Gasteiger partial charge in [-0.25, -0.2) is 13.1 Å². The minimum Gasteiger partial charge on any atom is -0.482 e. The maximum Gasteiger partial charge on any atom is 0.265 e. The number of halogens is 1. The van der Waals surface area contributed by atoms with Crippen molar-refractivity contribution in [3.05, 3.63) is 53.6 Å². The van der Waals surface area contributed by atoms with Gasteiger partial charge in [-0.1, -0.05) is 29.8 Å². The molecule has 1 aliphatic rings. The second-order valence-corrected chi connectivity index (χ2v) is 8.46. The lowest BCUT2D eigenvalue weighted by molar-refractivity contribution is -0.122. The number of ether oxygens (including phenoxy) is 1. The first-order chi connectivity index (χ1) is 13.9. The smallest absolute Gasteiger partial charge is 0.265 e. The van der Waals surface area contributed by atoms with Gasteiger partial charge >= 0.3 is 0 Å². The number of hydrogen-bond donors (Lipinski definition) is 2. The molecule has 0 aliphatic carbocycles. The van der Waals surface area contributed by atoms with Crippen molar-refractivity contribution in [3.8, 4) is 5.75 Å². The molecule has 2 N–H and O–H groups in total. The van der Waals surface area contributed by atoms with Crippen LogP contribution in [0.2, 0.25) is 5.02 Å². The predicted molar refractivity (Wildman–Crippen MR) is 109 cm³/mol. The van der Waals surface area contributed by atoms with Crippen molar-refractivity contribution in [2.24, 2.45) is 0 Å². The third-order valence-corrected chi connectivity index (χ3v) is 5.91. The maximum absolute atomic E-state index is 12.2. The third-order valence-electron chi connectivity index (χ3n) is 4.22. The van der Waals surface area contributed by atoms with Crippen LogP contribution in [0.4, 0.5) is 5.69 Å². The van der Waals surface area contributed by atoms with E-state index in [1.807, 2.05) is 6.07 Å². The minimum atomic E-state index is -3.70. The van der Waals surface area contributed by atoms with Gasteiger partial charge in [0.15, 0.2) is 6.61 Å². The predicted octanol–water partition coefficient (Wildman–Crippen LogP) is 1.55. The Morgan fingerprint density at radius 2 is 1.93 bits per heavy atom. The molecule has 0 aromatic heterocycles. The molecule has 0 atom stereocenters. The summed E-state index contributed by atoms with van der Waals surface area (Å²) in [7, 11) is -3.70. The number of benzene rings is 2. The number of nitrogens with zero attached hydrogens (tertiary/aromatic N) is 1. The third kappa shape index (κ3) is 5.47. The van der Waals surface area contributed by atoms with E-state index in [1.54, 1.807) is 30.3 Å². The number of rotatable bonds is 8. The summed E-state index contributed by atoms with van der Waals surface area (Å²) in [4.78, 5) is 25.7. The highest BCUT2D eigenvalue weighted by molar-refractivity contribution is 7.89. The first-order valence-corrected chi connectivity index (χ1v) is 10.8. The van der Waals surface area contributed by atoms with E-state index in [0.717, 1.165) is 0 Å². The Morgan fingerprint density at radius 3 is 2.72 bits per heavy atom. The topological polar surface area (TPSA) is 105 Å². The quantitative estimate of drug-likeness (QED) is 0.610. The molecule has 2 aromatic carbocycles. The van der Waals surface area contributed by atoms with Crippen molar-refractivity contribution in [1.29, 1.82) is 0 Å². The summed E-state index contributed by atoms with van der Waals surface area (Å²) in [6, 6.07) is 13.0. The Kier molecular flexibility index (Phi) is 6.73. The average Bonchev–Trinajstić information content (AvgIpc) is 2.70. The monoisotopic (exact) mass is 437 g/mol. The molecule has 0 bridgehead atoms. The van der Waals surface area contributed by atoms with Crippen LogP contribution in [0.1, 0.15) is 6.42 Å². The molecule has 0 fully saturated rings. The Hall–Kier alpha value is -2.62. The lowest BCUT2D eigenvalue weighted by Gasteiger charge is -2.29. The van der Waals surface area contributed by atoms with Gasteiger partial charge in [0.2, 0.25) is 15.9 Å². The molecule has 0 unspecified atom stereocenters. The van der Waals surface area contributed by atoms with Gasteiger partial charge in [-0.05, 0) is 30.3 Å². The van der Waals surface area contributed by atoms with Gasteiger partial charge in [-0.3, -0.25) is 9.59 Å². The zero-order valence-electron chi connectivity index (χ0n) is 15.4. The van der Waals surface area contributed by atoms with E-state index in [4.69, 9.17) is 16.3 Å². The first-order valence-electron chi connectivity index (χ1n) is 8.91. The van der Waals surface area contributed by atoms with Crippen molar-refractivity contribution in [3.63, 3.8) is 0 Å². The number of carbonyl (C=O) groups excluding carboxylic acids is 2. The van der Waals surface area contributed by atoms with Crippen LogP contribution in [0.25, 0.3) is 0 Å². The van der Waals surface area contributed by atoms with Crippen LogP contribution in [0.3, 0.4) is 0 Å². The molecule has 0 radical (unpaired) electrons. The Labute approximate surface area is 173 Å². The van der Waals surface area contributed by atoms with Crippen LogP contribution in [-0.2, 0) is 19.6 Å². The Morgan fingerprint density at radius 1 is 1.14 bits per heavy atom. The standard InChI is InChI=1S/C19H20ClN3O5S/c20-14-4-3-5-15(12-14)29(26,27)22-10-9-21-18(24)8-11-23-16-6-1-2-7-17(16)28-13-19(23)25/h1-7,12,22H,8-11,13H2,(H,21,24). The molecule has 1 heterocycles. The van der Waals surface area contributed by atoms with Gasteiger partial charge in [-0.2, -0.15) is 0 Å². The Balaban J connectivity index is 1.45. The molecule has 1 aliphatic heterocycles. The summed E-state index contributed by atoms with van der Waals surface area (Å²) in [5, 5.41) is 2.96. The van der Waals surface area contributed by atoms with Crippen LogP contribution in [0.15, 0.2) is 53.4 Å². The zero-order valence-corrected chi connectivity index (χ0v) is 17.0. The van der Waals surface area contributed by atoms with Gasteiger partial charge in [0.1, 0.15) is 5.75 Å². The molecule has 3 rings (SSSR count). The molecule has 0 saturated heterocycles. The number of sulfonamides is 1. The maximum atomic E-state index is 12.2. The lowest BCUT2D eigenvalue weighted by Crippen LogP contribution is -2.41. The van der Waals surface area contributed by atoms with Gasteiger partial charge in [0.05, 0.1) is 10.6 Å². The second-order valence-electron chi connectivity index (χ2n) is 6.26. The van der Waals surface area contributed by atoms with Crippen LogP contribution >= 0.6 is 11.6 Å². The number of nitrogens with one attached hydrogen (secondary N) is 2. The summed E-state index contributed by atoms with van der Waals surface area (Å²) in [5.41, 5.74) is 0.630. The zero-order chi connectivity index (χ0) is 20.9. The van der Waals surface area contributed by atoms with Gasteiger partial charge in [0, 0.05) is 31.1 Å². The van der Waals surface area contributed by atoms with Gasteiger partial charge in [-0.15, -0.1) is 0 Å². The highest BCUT2D eigenvalue weighted by atomic mass is 35.5. The molecule has 8 nitrogen and oxygen atoms in total. The van der Waals surface area contributed by atoms with Crippen LogP contribution in [0.5, 0.6) is 5.75 Å². The molecular formula is C19H20ClN3O5S. The second kappa shape index (κ2) is 9.25. The molecule has 0 saturated carbocycles. The van der Waals surface area contributed by atoms with Gasteiger partial charge < -0.3 is 15.0 Å². The van der Waals surface area contributed by atoms with E-state index >= 15 is 0 Å². The van der Waals surface area contributed by atoms with Crippen LogP contribution in [-0.4, -0.2) is 46.5 Å². The summed E-state index contributed by atoms with van der Waals surface area (Å²) in [6.07, 6.45) is 0.0844. The molecule has 10 heteroatoms. The molecule has 0 spiro atoms. The summed E-state index contributed by atoms with van der Waals surface area (Å²) >= 11 is 5.81. The van der Waals surface area contributed by atoms with E-state index in [9.17, 15) is 18.0 Å². The van der Waals surface area contributed by atoms with Crippen molar-refractivity contribution in [2.45, 2.75) is 11.3 Å². The van der Waals surface area contributed by atoms with E-state index < -0.39 is 10.0 Å². The van der Waals surface area contributed by atoms with Crippen LogP contribution < -0.4 is 19.7 Å². The molecule has 154 valence electrons. The summed E-state index contributed by atoms with van der Waals surface area (Å²) < 4.78 is 32.1. The Bertz CT molecular complexity index is 1010. The molecule has 2 aromatic rings. The number of carbonyl (C=O) groups is 2. The number of fused-ring (bicyclic) bond motifs is 1. The highest BCUT2D eigenvalue weighted by Gasteiger charge is 2.25. The fraction of sp³-hybridized carbons (Fsp3) is 0.263. The number of anilines is 1. The molecule has 29 heavy (non-hydrogen) atoms. The minimum absolute atomic E-state index is 0.0277. The number of amides is 2. The first kappa shape index (κ1) is 21.1. The van der Waals surface area contributed by atoms with E-state index in [0.29, 0.717) is 16.5 Å². The van der Waals surface area contributed by atoms with Crippen molar-refractivity contribution in [1.82, 2.24) is 10.0 Å². The number of para-hydroxylation sites is 2.